The Morgan fingerprint density at radius 2 is 2.13 bits per heavy atom. The summed E-state index contributed by atoms with van der Waals surface area (Å²) in [6, 6.07) is 5.88. The zero-order chi connectivity index (χ0) is 16.6. The van der Waals surface area contributed by atoms with Gasteiger partial charge in [-0.1, -0.05) is 12.1 Å². The number of carbonyl (C=O) groups excluding carboxylic acids is 1. The Kier molecular flexibility index (Phi) is 4.20. The summed E-state index contributed by atoms with van der Waals surface area (Å²) in [5, 5.41) is 3.16. The molecule has 8 heteroatoms. The van der Waals surface area contributed by atoms with Crippen molar-refractivity contribution >= 4 is 27.1 Å². The number of carbonyl (C=O) groups is 1. The van der Waals surface area contributed by atoms with Gasteiger partial charge in [-0.15, -0.1) is 11.3 Å². The Bertz CT molecular complexity index is 861. The van der Waals surface area contributed by atoms with Crippen molar-refractivity contribution in [3.8, 4) is 10.6 Å². The number of hydrogen-bond donors (Lipinski definition) is 1. The lowest BCUT2D eigenvalue weighted by molar-refractivity contribution is 0.0944. The van der Waals surface area contributed by atoms with E-state index in [-0.39, 0.29) is 23.5 Å². The van der Waals surface area contributed by atoms with Crippen molar-refractivity contribution in [3.63, 3.8) is 0 Å². The van der Waals surface area contributed by atoms with E-state index in [0.717, 1.165) is 11.3 Å². The Morgan fingerprint density at radius 3 is 2.78 bits per heavy atom. The zero-order valence-corrected chi connectivity index (χ0v) is 14.0. The van der Waals surface area contributed by atoms with E-state index in [9.17, 15) is 17.6 Å². The molecule has 1 amide bonds. The van der Waals surface area contributed by atoms with Gasteiger partial charge in [-0.3, -0.25) is 4.79 Å². The van der Waals surface area contributed by atoms with E-state index in [2.05, 4.69) is 10.3 Å². The van der Waals surface area contributed by atoms with Gasteiger partial charge in [0.1, 0.15) is 15.7 Å². The van der Waals surface area contributed by atoms with Gasteiger partial charge in [0.2, 0.25) is 0 Å². The van der Waals surface area contributed by atoms with Crippen molar-refractivity contribution in [2.75, 3.05) is 11.5 Å². The van der Waals surface area contributed by atoms with Crippen molar-refractivity contribution in [2.24, 2.45) is 0 Å². The van der Waals surface area contributed by atoms with Crippen molar-refractivity contribution in [1.29, 1.82) is 0 Å². The van der Waals surface area contributed by atoms with Crippen LogP contribution in [-0.4, -0.2) is 36.9 Å². The van der Waals surface area contributed by atoms with Gasteiger partial charge in [-0.05, 0) is 25.5 Å². The molecule has 1 aliphatic heterocycles. The number of aromatic nitrogens is 1. The molecule has 122 valence electrons. The monoisotopic (exact) mass is 354 g/mol. The minimum Gasteiger partial charge on any atom is -0.347 e. The average Bonchev–Trinajstić information content (AvgIpc) is 3.02. The van der Waals surface area contributed by atoms with Crippen LogP contribution in [-0.2, 0) is 9.84 Å². The number of nitrogens with one attached hydrogen (secondary N) is 1. The second kappa shape index (κ2) is 6.01. The number of sulfone groups is 1. The summed E-state index contributed by atoms with van der Waals surface area (Å²) in [7, 11) is -3.05. The highest BCUT2D eigenvalue weighted by atomic mass is 32.2. The van der Waals surface area contributed by atoms with Crippen LogP contribution in [0.25, 0.3) is 10.6 Å². The summed E-state index contributed by atoms with van der Waals surface area (Å²) in [5.41, 5.74) is 0.856. The largest absolute Gasteiger partial charge is 0.347 e. The van der Waals surface area contributed by atoms with Gasteiger partial charge >= 0.3 is 0 Å². The summed E-state index contributed by atoms with van der Waals surface area (Å²) < 4.78 is 36.7. The SMILES string of the molecule is Cc1nc(-c2ccccc2F)sc1C(=O)N[C@H]1CCS(=O)(=O)C1. The molecule has 2 heterocycles. The number of hydrogen-bond acceptors (Lipinski definition) is 5. The maximum absolute atomic E-state index is 13.8. The first-order valence-electron chi connectivity index (χ1n) is 7.09. The molecule has 1 atom stereocenters. The van der Waals surface area contributed by atoms with Crippen LogP contribution >= 0.6 is 11.3 Å². The second-order valence-corrected chi connectivity index (χ2v) is 8.71. The maximum atomic E-state index is 13.8. The molecule has 1 aromatic carbocycles. The number of rotatable bonds is 3. The minimum absolute atomic E-state index is 0.0310. The first kappa shape index (κ1) is 16.1. The maximum Gasteiger partial charge on any atom is 0.263 e. The zero-order valence-electron chi connectivity index (χ0n) is 12.4. The summed E-state index contributed by atoms with van der Waals surface area (Å²) in [6.45, 7) is 1.68. The summed E-state index contributed by atoms with van der Waals surface area (Å²) in [5.74, 6) is -0.684. The predicted octanol–water partition coefficient (Wildman–Crippen LogP) is 2.17. The molecule has 0 saturated carbocycles. The second-order valence-electron chi connectivity index (χ2n) is 5.49. The molecule has 2 aromatic rings. The molecule has 5 nitrogen and oxygen atoms in total. The third kappa shape index (κ3) is 3.42. The number of nitrogens with zero attached hydrogens (tertiary/aromatic N) is 1. The van der Waals surface area contributed by atoms with E-state index < -0.39 is 15.7 Å². The van der Waals surface area contributed by atoms with Crippen LogP contribution < -0.4 is 5.32 Å². The van der Waals surface area contributed by atoms with Gasteiger partial charge in [0.15, 0.2) is 9.84 Å². The smallest absolute Gasteiger partial charge is 0.263 e. The number of amides is 1. The van der Waals surface area contributed by atoms with Gasteiger partial charge in [-0.2, -0.15) is 0 Å². The summed E-state index contributed by atoms with van der Waals surface area (Å²) in [4.78, 5) is 17.0. The van der Waals surface area contributed by atoms with E-state index in [4.69, 9.17) is 0 Å². The molecule has 1 aliphatic rings. The average molecular weight is 354 g/mol. The molecular weight excluding hydrogens is 339 g/mol. The van der Waals surface area contributed by atoms with E-state index in [1.165, 1.54) is 6.07 Å². The molecule has 1 N–H and O–H groups in total. The molecule has 0 bridgehead atoms. The Morgan fingerprint density at radius 1 is 1.39 bits per heavy atom. The lowest BCUT2D eigenvalue weighted by Gasteiger charge is -2.09. The van der Waals surface area contributed by atoms with Crippen LogP contribution in [0.2, 0.25) is 0 Å². The molecule has 0 aliphatic carbocycles. The van der Waals surface area contributed by atoms with Gasteiger partial charge in [0, 0.05) is 11.6 Å². The molecule has 3 rings (SSSR count). The number of benzene rings is 1. The van der Waals surface area contributed by atoms with Gasteiger partial charge in [0.25, 0.3) is 5.91 Å². The summed E-state index contributed by atoms with van der Waals surface area (Å²) >= 11 is 1.11. The van der Waals surface area contributed by atoms with Gasteiger partial charge in [0.05, 0.1) is 17.2 Å². The Hall–Kier alpha value is -1.80. The number of halogens is 1. The van der Waals surface area contributed by atoms with Crippen molar-refractivity contribution in [3.05, 3.63) is 40.7 Å². The van der Waals surface area contributed by atoms with Crippen LogP contribution in [0.1, 0.15) is 21.8 Å². The van der Waals surface area contributed by atoms with E-state index in [1.54, 1.807) is 25.1 Å². The fraction of sp³-hybridized carbons (Fsp3) is 0.333. The van der Waals surface area contributed by atoms with Gasteiger partial charge < -0.3 is 5.32 Å². The molecule has 1 fully saturated rings. The third-order valence-corrected chi connectivity index (χ3v) is 6.63. The topological polar surface area (TPSA) is 76.1 Å². The standard InChI is InChI=1S/C15H15FN2O3S2/c1-9-13(14(19)18-10-6-7-23(20,21)8-10)22-15(17-9)11-4-2-3-5-12(11)16/h2-5,10H,6-8H2,1H3,(H,18,19)/t10-/m0/s1. The summed E-state index contributed by atoms with van der Waals surface area (Å²) in [6.07, 6.45) is 0.423. The predicted molar refractivity (Wildman–Crippen MR) is 86.8 cm³/mol. The number of aryl methyl sites for hydroxylation is 1. The molecule has 0 unspecified atom stereocenters. The highest BCUT2D eigenvalue weighted by molar-refractivity contribution is 7.91. The minimum atomic E-state index is -3.05. The normalized spacial score (nSPS) is 19.7. The molecule has 23 heavy (non-hydrogen) atoms. The first-order chi connectivity index (χ1) is 10.9. The Balaban J connectivity index is 1.81. The van der Waals surface area contributed by atoms with Gasteiger partial charge in [-0.25, -0.2) is 17.8 Å². The fourth-order valence-electron chi connectivity index (χ4n) is 2.52. The first-order valence-corrected chi connectivity index (χ1v) is 9.73. The van der Waals surface area contributed by atoms with Crippen molar-refractivity contribution in [1.82, 2.24) is 10.3 Å². The molecule has 0 radical (unpaired) electrons. The lowest BCUT2D eigenvalue weighted by Crippen LogP contribution is -2.35. The molecule has 1 aromatic heterocycles. The van der Waals surface area contributed by atoms with Crippen molar-refractivity contribution in [2.45, 2.75) is 19.4 Å². The molecule has 0 spiro atoms. The number of thiazole rings is 1. The highest BCUT2D eigenvalue weighted by Crippen LogP contribution is 2.29. The molecular formula is C15H15FN2O3S2. The quantitative estimate of drug-likeness (QED) is 0.917. The molecule has 1 saturated heterocycles. The van der Waals surface area contributed by atoms with Crippen LogP contribution in [0, 0.1) is 12.7 Å². The third-order valence-electron chi connectivity index (χ3n) is 3.67. The fourth-order valence-corrected chi connectivity index (χ4v) is 5.19. The van der Waals surface area contributed by atoms with Crippen molar-refractivity contribution < 1.29 is 17.6 Å². The van der Waals surface area contributed by atoms with Crippen LogP contribution in [0.5, 0.6) is 0 Å². The lowest BCUT2D eigenvalue weighted by atomic mass is 10.2. The van der Waals surface area contributed by atoms with Crippen LogP contribution in [0.15, 0.2) is 24.3 Å². The van der Waals surface area contributed by atoms with Crippen LogP contribution in [0.3, 0.4) is 0 Å². The van der Waals surface area contributed by atoms with Crippen LogP contribution in [0.4, 0.5) is 4.39 Å². The van der Waals surface area contributed by atoms with E-state index in [0.29, 0.717) is 27.6 Å². The highest BCUT2D eigenvalue weighted by Gasteiger charge is 2.30. The van der Waals surface area contributed by atoms with E-state index >= 15 is 0 Å². The van der Waals surface area contributed by atoms with E-state index in [1.807, 2.05) is 0 Å². The Labute approximate surface area is 137 Å².